The Bertz CT molecular complexity index is 706. The van der Waals surface area contributed by atoms with E-state index in [1.54, 1.807) is 0 Å². The first-order chi connectivity index (χ1) is 9.97. The zero-order chi connectivity index (χ0) is 15.6. The third-order valence-electron chi connectivity index (χ3n) is 2.77. The summed E-state index contributed by atoms with van der Waals surface area (Å²) < 4.78 is 23.7. The van der Waals surface area contributed by atoms with Crippen LogP contribution in [0.4, 0.5) is 16.2 Å². The maximum Gasteiger partial charge on any atom is 0.341 e. The summed E-state index contributed by atoms with van der Waals surface area (Å²) in [6.45, 7) is 0. The van der Waals surface area contributed by atoms with Gasteiger partial charge in [-0.05, 0) is 12.1 Å². The number of methoxy groups -OCH3 is 2. The summed E-state index contributed by atoms with van der Waals surface area (Å²) in [5.74, 6) is -1.65. The molecule has 0 aliphatic heterocycles. The Labute approximate surface area is 119 Å². The molecule has 0 amide bonds. The molecule has 2 aromatic rings. The topological polar surface area (TPSA) is 113 Å². The molecule has 0 saturated carbocycles. The van der Waals surface area contributed by atoms with Crippen molar-refractivity contribution in [3.63, 3.8) is 0 Å². The Morgan fingerprint density at radius 2 is 1.95 bits per heavy atom. The lowest BCUT2D eigenvalue weighted by atomic mass is 10.1. The molecule has 0 bridgehead atoms. The van der Waals surface area contributed by atoms with Crippen LogP contribution in [0.5, 0.6) is 5.75 Å². The summed E-state index contributed by atoms with van der Waals surface area (Å²) in [7, 11) is 2.63. The van der Waals surface area contributed by atoms with E-state index in [2.05, 4.69) is 14.7 Å². The van der Waals surface area contributed by atoms with E-state index in [1.807, 2.05) is 0 Å². The number of nitrogen functional groups attached to an aromatic ring is 2. The largest absolute Gasteiger partial charge is 0.496 e. The van der Waals surface area contributed by atoms with Crippen molar-refractivity contribution in [2.75, 3.05) is 25.7 Å². The van der Waals surface area contributed by atoms with Crippen LogP contribution in [0.1, 0.15) is 10.4 Å². The standard InChI is InChI=1S/C13H13FN4O3/c1-20-8-5-6(3-4-7(8)12(19)21-2)10-9(14)11(15)18-13(16)17-10/h3-5H,1-2H3,(H4,15,16,17,18). The summed E-state index contributed by atoms with van der Waals surface area (Å²) in [5, 5.41) is 0. The minimum atomic E-state index is -0.794. The first-order valence-electron chi connectivity index (χ1n) is 5.83. The molecule has 2 rings (SSSR count). The van der Waals surface area contributed by atoms with Crippen molar-refractivity contribution in [2.24, 2.45) is 0 Å². The number of carbonyl (C=O) groups excluding carboxylic acids is 1. The van der Waals surface area contributed by atoms with Crippen molar-refractivity contribution >= 4 is 17.7 Å². The Balaban J connectivity index is 2.59. The molecule has 0 aliphatic rings. The normalized spacial score (nSPS) is 10.2. The predicted octanol–water partition coefficient (Wildman–Crippen LogP) is 1.24. The fourth-order valence-corrected chi connectivity index (χ4v) is 1.79. The highest BCUT2D eigenvalue weighted by Gasteiger charge is 2.18. The third kappa shape index (κ3) is 2.69. The van der Waals surface area contributed by atoms with E-state index >= 15 is 0 Å². The zero-order valence-corrected chi connectivity index (χ0v) is 11.4. The van der Waals surface area contributed by atoms with Crippen molar-refractivity contribution in [3.8, 4) is 17.0 Å². The van der Waals surface area contributed by atoms with Crippen molar-refractivity contribution in [3.05, 3.63) is 29.6 Å². The van der Waals surface area contributed by atoms with Gasteiger partial charge in [0, 0.05) is 5.56 Å². The van der Waals surface area contributed by atoms with Crippen molar-refractivity contribution in [2.45, 2.75) is 0 Å². The molecule has 1 aromatic heterocycles. The summed E-state index contributed by atoms with van der Waals surface area (Å²) >= 11 is 0. The summed E-state index contributed by atoms with van der Waals surface area (Å²) in [6, 6.07) is 4.36. The number of nitrogens with zero attached hydrogens (tertiary/aromatic N) is 2. The smallest absolute Gasteiger partial charge is 0.341 e. The van der Waals surface area contributed by atoms with Gasteiger partial charge in [0.15, 0.2) is 11.6 Å². The summed E-state index contributed by atoms with van der Waals surface area (Å²) in [6.07, 6.45) is 0. The number of benzene rings is 1. The molecule has 0 atom stereocenters. The van der Waals surface area contributed by atoms with E-state index < -0.39 is 11.8 Å². The van der Waals surface area contributed by atoms with Crippen LogP contribution >= 0.6 is 0 Å². The highest BCUT2D eigenvalue weighted by molar-refractivity contribution is 5.93. The van der Waals surface area contributed by atoms with Gasteiger partial charge in [0.1, 0.15) is 17.0 Å². The van der Waals surface area contributed by atoms with E-state index in [4.69, 9.17) is 16.2 Å². The molecule has 110 valence electrons. The van der Waals surface area contributed by atoms with Crippen molar-refractivity contribution in [1.29, 1.82) is 0 Å². The van der Waals surface area contributed by atoms with Crippen LogP contribution in [0, 0.1) is 5.82 Å². The Kier molecular flexibility index (Phi) is 3.88. The van der Waals surface area contributed by atoms with Crippen LogP contribution in [0.25, 0.3) is 11.3 Å². The zero-order valence-electron chi connectivity index (χ0n) is 11.4. The fraction of sp³-hybridized carbons (Fsp3) is 0.154. The molecule has 8 heteroatoms. The number of hydrogen-bond donors (Lipinski definition) is 2. The van der Waals surface area contributed by atoms with Crippen LogP contribution in [0.2, 0.25) is 0 Å². The molecular formula is C13H13FN4O3. The predicted molar refractivity (Wildman–Crippen MR) is 74.1 cm³/mol. The van der Waals surface area contributed by atoms with Crippen LogP contribution < -0.4 is 16.2 Å². The van der Waals surface area contributed by atoms with Gasteiger partial charge in [-0.25, -0.2) is 14.2 Å². The summed E-state index contributed by atoms with van der Waals surface area (Å²) in [5.41, 5.74) is 11.4. The second kappa shape index (κ2) is 5.61. The number of aromatic nitrogens is 2. The molecule has 7 nitrogen and oxygen atoms in total. The average molecular weight is 292 g/mol. The maximum absolute atomic E-state index is 14.0. The highest BCUT2D eigenvalue weighted by atomic mass is 19.1. The van der Waals surface area contributed by atoms with Crippen molar-refractivity contribution < 1.29 is 18.7 Å². The van der Waals surface area contributed by atoms with Gasteiger partial charge >= 0.3 is 5.97 Å². The van der Waals surface area contributed by atoms with Gasteiger partial charge in [-0.2, -0.15) is 4.98 Å². The van der Waals surface area contributed by atoms with Crippen LogP contribution in [-0.2, 0) is 4.74 Å². The Morgan fingerprint density at radius 1 is 1.24 bits per heavy atom. The van der Waals surface area contributed by atoms with Crippen LogP contribution in [0.3, 0.4) is 0 Å². The van der Waals surface area contributed by atoms with Gasteiger partial charge in [0.2, 0.25) is 5.95 Å². The monoisotopic (exact) mass is 292 g/mol. The lowest BCUT2D eigenvalue weighted by molar-refractivity contribution is 0.0597. The molecule has 21 heavy (non-hydrogen) atoms. The molecule has 0 saturated heterocycles. The number of carbonyl (C=O) groups is 1. The molecule has 0 spiro atoms. The minimum absolute atomic E-state index is 0.0743. The fourth-order valence-electron chi connectivity index (χ4n) is 1.79. The van der Waals surface area contributed by atoms with Gasteiger partial charge in [-0.1, -0.05) is 6.07 Å². The molecule has 1 aromatic carbocycles. The highest BCUT2D eigenvalue weighted by Crippen LogP contribution is 2.29. The van der Waals surface area contributed by atoms with Gasteiger partial charge in [-0.3, -0.25) is 0 Å². The molecular weight excluding hydrogens is 279 g/mol. The second-order valence-electron chi connectivity index (χ2n) is 4.04. The first kappa shape index (κ1) is 14.5. The van der Waals surface area contributed by atoms with Crippen molar-refractivity contribution in [1.82, 2.24) is 9.97 Å². The average Bonchev–Trinajstić information content (AvgIpc) is 2.49. The SMILES string of the molecule is COC(=O)c1ccc(-c2nc(N)nc(N)c2F)cc1OC. The molecule has 0 unspecified atom stereocenters. The number of hydrogen-bond acceptors (Lipinski definition) is 7. The van der Waals surface area contributed by atoms with Gasteiger partial charge in [0.05, 0.1) is 14.2 Å². The number of anilines is 2. The van der Waals surface area contributed by atoms with Crippen LogP contribution in [0.15, 0.2) is 18.2 Å². The number of nitrogens with two attached hydrogens (primary N) is 2. The Hall–Kier alpha value is -2.90. The van der Waals surface area contributed by atoms with E-state index in [1.165, 1.54) is 32.4 Å². The minimum Gasteiger partial charge on any atom is -0.496 e. The number of halogens is 1. The molecule has 0 aliphatic carbocycles. The molecule has 1 heterocycles. The summed E-state index contributed by atoms with van der Waals surface area (Å²) in [4.78, 5) is 18.9. The van der Waals surface area contributed by atoms with E-state index in [9.17, 15) is 9.18 Å². The molecule has 0 fully saturated rings. The quantitative estimate of drug-likeness (QED) is 0.818. The van der Waals surface area contributed by atoms with Gasteiger partial charge in [-0.15, -0.1) is 0 Å². The van der Waals surface area contributed by atoms with E-state index in [-0.39, 0.29) is 28.8 Å². The first-order valence-corrected chi connectivity index (χ1v) is 5.83. The lowest BCUT2D eigenvalue weighted by Crippen LogP contribution is -2.06. The lowest BCUT2D eigenvalue weighted by Gasteiger charge is -2.10. The van der Waals surface area contributed by atoms with E-state index in [0.29, 0.717) is 5.56 Å². The number of ether oxygens (including phenoxy) is 2. The van der Waals surface area contributed by atoms with Gasteiger partial charge < -0.3 is 20.9 Å². The third-order valence-corrected chi connectivity index (χ3v) is 2.77. The van der Waals surface area contributed by atoms with Gasteiger partial charge in [0.25, 0.3) is 0 Å². The molecule has 4 N–H and O–H groups in total. The number of rotatable bonds is 3. The van der Waals surface area contributed by atoms with Crippen LogP contribution in [-0.4, -0.2) is 30.2 Å². The number of esters is 1. The Morgan fingerprint density at radius 3 is 2.57 bits per heavy atom. The molecule has 0 radical (unpaired) electrons. The van der Waals surface area contributed by atoms with E-state index in [0.717, 1.165) is 0 Å². The second-order valence-corrected chi connectivity index (χ2v) is 4.04. The maximum atomic E-state index is 14.0.